The zero-order valence-electron chi connectivity index (χ0n) is 15.3. The molecule has 29 heavy (non-hydrogen) atoms. The van der Waals surface area contributed by atoms with Gasteiger partial charge in [0, 0.05) is 17.8 Å². The number of benzene rings is 1. The minimum Gasteiger partial charge on any atom is -0.305 e. The lowest BCUT2D eigenvalue weighted by molar-refractivity contribution is -0.137. The number of carbonyl (C=O) groups excluding carboxylic acids is 1. The van der Waals surface area contributed by atoms with E-state index in [0.717, 1.165) is 29.5 Å². The molecule has 148 valence electrons. The van der Waals surface area contributed by atoms with Crippen LogP contribution in [-0.2, 0) is 6.18 Å². The molecule has 2 N–H and O–H groups in total. The Bertz CT molecular complexity index is 1130. The number of hydrogen-bond acceptors (Lipinski definition) is 4. The fourth-order valence-electron chi connectivity index (χ4n) is 2.63. The van der Waals surface area contributed by atoms with Gasteiger partial charge in [0.2, 0.25) is 0 Å². The van der Waals surface area contributed by atoms with Crippen LogP contribution in [0, 0.1) is 0 Å². The monoisotopic (exact) mass is 399 g/mol. The van der Waals surface area contributed by atoms with Crippen LogP contribution in [0.1, 0.15) is 28.5 Å². The van der Waals surface area contributed by atoms with E-state index >= 15 is 0 Å². The van der Waals surface area contributed by atoms with Crippen LogP contribution in [0.2, 0.25) is 0 Å². The minimum absolute atomic E-state index is 0.0529. The standard InChI is InChI=1S/C20H16F3N5O/c1-12(4-3-8-24-2)13-5-6-16-15(10-13)18(28-27-16)19(29)26-17-11-14(7-9-25-17)20(21,22)23/h3-11H,2H2,1H3,(H,27,28)(H,25,26,29)/b8-3-,12-4+. The van der Waals surface area contributed by atoms with Gasteiger partial charge in [-0.15, -0.1) is 0 Å². The predicted octanol–water partition coefficient (Wildman–Crippen LogP) is 4.85. The van der Waals surface area contributed by atoms with Crippen LogP contribution in [0.25, 0.3) is 16.5 Å². The van der Waals surface area contributed by atoms with Crippen LogP contribution in [-0.4, -0.2) is 27.8 Å². The summed E-state index contributed by atoms with van der Waals surface area (Å²) in [5.41, 5.74) is 1.53. The van der Waals surface area contributed by atoms with Crippen molar-refractivity contribution in [2.75, 3.05) is 5.32 Å². The number of anilines is 1. The van der Waals surface area contributed by atoms with Gasteiger partial charge < -0.3 is 5.32 Å². The van der Waals surface area contributed by atoms with Crippen LogP contribution in [0.5, 0.6) is 0 Å². The van der Waals surface area contributed by atoms with Gasteiger partial charge in [-0.1, -0.05) is 12.1 Å². The van der Waals surface area contributed by atoms with Gasteiger partial charge >= 0.3 is 6.18 Å². The average molecular weight is 399 g/mol. The minimum atomic E-state index is -4.53. The van der Waals surface area contributed by atoms with Gasteiger partial charge in [0.1, 0.15) is 5.82 Å². The summed E-state index contributed by atoms with van der Waals surface area (Å²) in [5, 5.41) is 9.63. The highest BCUT2D eigenvalue weighted by molar-refractivity contribution is 6.11. The van der Waals surface area contributed by atoms with Crippen molar-refractivity contribution in [3.8, 4) is 0 Å². The molecule has 0 fully saturated rings. The third-order valence-electron chi connectivity index (χ3n) is 4.10. The third-order valence-corrected chi connectivity index (χ3v) is 4.10. The van der Waals surface area contributed by atoms with Crippen molar-refractivity contribution in [1.29, 1.82) is 0 Å². The maximum absolute atomic E-state index is 12.8. The lowest BCUT2D eigenvalue weighted by atomic mass is 10.0. The van der Waals surface area contributed by atoms with E-state index in [0.29, 0.717) is 10.9 Å². The Morgan fingerprint density at radius 3 is 2.79 bits per heavy atom. The number of rotatable bonds is 5. The van der Waals surface area contributed by atoms with Crippen molar-refractivity contribution in [2.24, 2.45) is 4.99 Å². The zero-order valence-corrected chi connectivity index (χ0v) is 15.3. The lowest BCUT2D eigenvalue weighted by Gasteiger charge is -2.08. The second kappa shape index (κ2) is 8.09. The molecule has 2 heterocycles. The number of amides is 1. The maximum Gasteiger partial charge on any atom is 0.416 e. The summed E-state index contributed by atoms with van der Waals surface area (Å²) in [7, 11) is 0. The van der Waals surface area contributed by atoms with Gasteiger partial charge in [-0.3, -0.25) is 14.9 Å². The topological polar surface area (TPSA) is 83.0 Å². The van der Waals surface area contributed by atoms with Crippen molar-refractivity contribution >= 4 is 34.9 Å². The van der Waals surface area contributed by atoms with E-state index in [4.69, 9.17) is 0 Å². The molecule has 0 aliphatic rings. The Morgan fingerprint density at radius 1 is 1.28 bits per heavy atom. The molecule has 1 amide bonds. The van der Waals surface area contributed by atoms with E-state index in [1.165, 1.54) is 0 Å². The van der Waals surface area contributed by atoms with Crippen LogP contribution in [0.15, 0.2) is 59.9 Å². The molecule has 0 aliphatic carbocycles. The number of aromatic nitrogens is 3. The van der Waals surface area contributed by atoms with Gasteiger partial charge in [-0.05, 0) is 55.1 Å². The number of fused-ring (bicyclic) bond motifs is 1. The van der Waals surface area contributed by atoms with E-state index in [-0.39, 0.29) is 11.5 Å². The third kappa shape index (κ3) is 4.57. The number of halogens is 3. The summed E-state index contributed by atoms with van der Waals surface area (Å²) >= 11 is 0. The van der Waals surface area contributed by atoms with Crippen molar-refractivity contribution < 1.29 is 18.0 Å². The number of alkyl halides is 3. The van der Waals surface area contributed by atoms with E-state index in [1.807, 2.05) is 19.1 Å². The first-order valence-corrected chi connectivity index (χ1v) is 8.42. The Morgan fingerprint density at radius 2 is 2.07 bits per heavy atom. The molecule has 0 bridgehead atoms. The number of pyridine rings is 1. The Kier molecular flexibility index (Phi) is 5.58. The van der Waals surface area contributed by atoms with Gasteiger partial charge in [-0.25, -0.2) is 4.98 Å². The normalized spacial score (nSPS) is 12.5. The summed E-state index contributed by atoms with van der Waals surface area (Å²) in [6, 6.07) is 7.00. The first kappa shape index (κ1) is 20.0. The van der Waals surface area contributed by atoms with Crippen molar-refractivity contribution in [1.82, 2.24) is 15.2 Å². The fraction of sp³-hybridized carbons (Fsp3) is 0.100. The van der Waals surface area contributed by atoms with Gasteiger partial charge in [0.05, 0.1) is 11.1 Å². The van der Waals surface area contributed by atoms with Crippen molar-refractivity contribution in [3.05, 3.63) is 71.7 Å². The molecule has 0 spiro atoms. The highest BCUT2D eigenvalue weighted by Gasteiger charge is 2.31. The van der Waals surface area contributed by atoms with E-state index in [9.17, 15) is 18.0 Å². The summed E-state index contributed by atoms with van der Waals surface area (Å²) in [4.78, 5) is 20.0. The number of nitrogens with zero attached hydrogens (tertiary/aromatic N) is 3. The Balaban J connectivity index is 1.90. The summed E-state index contributed by atoms with van der Waals surface area (Å²) in [5.74, 6) is -0.882. The summed E-state index contributed by atoms with van der Waals surface area (Å²) in [6.45, 7) is 5.25. The van der Waals surface area contributed by atoms with Crippen LogP contribution >= 0.6 is 0 Å². The molecular weight excluding hydrogens is 383 g/mol. The van der Waals surface area contributed by atoms with Crippen LogP contribution < -0.4 is 5.32 Å². The molecule has 9 heteroatoms. The second-order valence-corrected chi connectivity index (χ2v) is 6.09. The SMILES string of the molecule is C=N/C=C\C=C(/C)c1ccc2[nH]nc(C(=O)Nc3cc(C(F)(F)F)ccn3)c2c1. The molecule has 0 atom stereocenters. The number of carbonyl (C=O) groups is 1. The van der Waals surface area contributed by atoms with Crippen LogP contribution in [0.4, 0.5) is 19.0 Å². The number of aromatic amines is 1. The first-order valence-electron chi connectivity index (χ1n) is 8.42. The number of hydrogen-bond donors (Lipinski definition) is 2. The van der Waals surface area contributed by atoms with Crippen molar-refractivity contribution in [3.63, 3.8) is 0 Å². The number of H-pyrrole nitrogens is 1. The Labute approximate surface area is 163 Å². The van der Waals surface area contributed by atoms with E-state index in [1.54, 1.807) is 24.4 Å². The molecule has 3 rings (SSSR count). The van der Waals surface area contributed by atoms with E-state index < -0.39 is 17.6 Å². The Hall–Kier alpha value is -3.75. The number of nitrogens with one attached hydrogen (secondary N) is 2. The predicted molar refractivity (Wildman–Crippen MR) is 106 cm³/mol. The maximum atomic E-state index is 12.8. The molecule has 0 saturated heterocycles. The summed E-state index contributed by atoms with van der Waals surface area (Å²) < 4.78 is 38.5. The first-order chi connectivity index (χ1) is 13.8. The van der Waals surface area contributed by atoms with Crippen molar-refractivity contribution in [2.45, 2.75) is 13.1 Å². The summed E-state index contributed by atoms with van der Waals surface area (Å²) in [6.07, 6.45) is 1.56. The molecule has 2 aromatic heterocycles. The number of allylic oxidation sites excluding steroid dienone is 3. The van der Waals surface area contributed by atoms with E-state index in [2.05, 4.69) is 32.2 Å². The second-order valence-electron chi connectivity index (χ2n) is 6.09. The molecular formula is C20H16F3N5O. The average Bonchev–Trinajstić information content (AvgIpc) is 3.11. The van der Waals surface area contributed by atoms with Gasteiger partial charge in [0.15, 0.2) is 5.69 Å². The molecule has 0 aliphatic heterocycles. The smallest absolute Gasteiger partial charge is 0.305 e. The molecule has 3 aromatic rings. The lowest BCUT2D eigenvalue weighted by Crippen LogP contribution is -2.15. The molecule has 0 saturated carbocycles. The molecule has 1 aromatic carbocycles. The molecule has 6 nitrogen and oxygen atoms in total. The molecule has 0 unspecified atom stereocenters. The van der Waals surface area contributed by atoms with Gasteiger partial charge in [-0.2, -0.15) is 18.3 Å². The fourth-order valence-corrected chi connectivity index (χ4v) is 2.63. The van der Waals surface area contributed by atoms with Gasteiger partial charge in [0.25, 0.3) is 5.91 Å². The highest BCUT2D eigenvalue weighted by Crippen LogP contribution is 2.30. The largest absolute Gasteiger partial charge is 0.416 e. The van der Waals surface area contributed by atoms with Crippen LogP contribution in [0.3, 0.4) is 0 Å². The quantitative estimate of drug-likeness (QED) is 0.475. The zero-order chi connectivity index (χ0) is 21.0. The highest BCUT2D eigenvalue weighted by atomic mass is 19.4. The number of aliphatic imine (C=N–C) groups is 1. The molecule has 0 radical (unpaired) electrons.